The van der Waals surface area contributed by atoms with Crippen LogP contribution in [0, 0.1) is 11.3 Å². The first-order chi connectivity index (χ1) is 10.2. The van der Waals surface area contributed by atoms with Crippen LogP contribution in [0.3, 0.4) is 0 Å². The number of halogens is 1. The smallest absolute Gasteiger partial charge is 0.328 e. The molecule has 0 radical (unpaired) electrons. The molecule has 0 bridgehead atoms. The predicted octanol–water partition coefficient (Wildman–Crippen LogP) is 2.79. The number of hydrogen-bond acceptors (Lipinski definition) is 6. The summed E-state index contributed by atoms with van der Waals surface area (Å²) in [4.78, 5) is 14.4. The van der Waals surface area contributed by atoms with E-state index < -0.39 is 0 Å². The molecule has 0 saturated carbocycles. The number of rotatable bonds is 3. The van der Waals surface area contributed by atoms with Crippen LogP contribution in [0.2, 0.25) is 5.28 Å². The van der Waals surface area contributed by atoms with Crippen LogP contribution in [0.5, 0.6) is 11.8 Å². The minimum Gasteiger partial charge on any atom is -0.424 e. The van der Waals surface area contributed by atoms with Crippen LogP contribution in [0.4, 0.5) is 5.95 Å². The third-order valence-electron chi connectivity index (χ3n) is 3.14. The van der Waals surface area contributed by atoms with E-state index in [9.17, 15) is 0 Å². The van der Waals surface area contributed by atoms with Gasteiger partial charge in [0.25, 0.3) is 0 Å². The van der Waals surface area contributed by atoms with Gasteiger partial charge in [-0.05, 0) is 42.6 Å². The fourth-order valence-corrected chi connectivity index (χ4v) is 2.31. The first kappa shape index (κ1) is 13.6. The number of nitrogens with zero attached hydrogens (tertiary/aromatic N) is 5. The molecule has 3 rings (SSSR count). The van der Waals surface area contributed by atoms with Crippen molar-refractivity contribution in [3.63, 3.8) is 0 Å². The standard InChI is InChI=1S/C14H12ClN5O/c15-12-17-13(20-6-1-2-7-20)19-14(18-12)21-11-5-3-4-10(8-11)9-16/h3-5,8H,1-2,6-7H2. The van der Waals surface area contributed by atoms with E-state index in [1.807, 2.05) is 4.90 Å². The molecule has 106 valence electrons. The molecule has 6 nitrogen and oxygen atoms in total. The molecule has 2 heterocycles. The lowest BCUT2D eigenvalue weighted by molar-refractivity contribution is 0.439. The summed E-state index contributed by atoms with van der Waals surface area (Å²) in [6.07, 6.45) is 2.23. The maximum Gasteiger partial charge on any atom is 0.328 e. The van der Waals surface area contributed by atoms with E-state index in [-0.39, 0.29) is 11.3 Å². The van der Waals surface area contributed by atoms with Crippen molar-refractivity contribution in [1.82, 2.24) is 15.0 Å². The molecule has 0 unspecified atom stereocenters. The first-order valence-corrected chi connectivity index (χ1v) is 6.97. The Bertz CT molecular complexity index is 694. The highest BCUT2D eigenvalue weighted by Crippen LogP contribution is 2.23. The zero-order chi connectivity index (χ0) is 14.7. The zero-order valence-corrected chi connectivity index (χ0v) is 11.9. The topological polar surface area (TPSA) is 74.9 Å². The zero-order valence-electron chi connectivity index (χ0n) is 11.2. The molecule has 7 heteroatoms. The molecule has 1 fully saturated rings. The number of aromatic nitrogens is 3. The molecule has 1 saturated heterocycles. The average Bonchev–Trinajstić information content (AvgIpc) is 3.01. The monoisotopic (exact) mass is 301 g/mol. The molecule has 0 N–H and O–H groups in total. The normalized spacial score (nSPS) is 14.0. The Morgan fingerprint density at radius 1 is 1.19 bits per heavy atom. The summed E-state index contributed by atoms with van der Waals surface area (Å²) < 4.78 is 5.58. The predicted molar refractivity (Wildman–Crippen MR) is 77.5 cm³/mol. The summed E-state index contributed by atoms with van der Waals surface area (Å²) in [5, 5.41) is 8.98. The SMILES string of the molecule is N#Cc1cccc(Oc2nc(Cl)nc(N3CCCC3)n2)c1. The molecular weight excluding hydrogens is 290 g/mol. The van der Waals surface area contributed by atoms with Gasteiger partial charge < -0.3 is 9.64 Å². The van der Waals surface area contributed by atoms with Gasteiger partial charge in [-0.2, -0.15) is 20.2 Å². The van der Waals surface area contributed by atoms with Crippen LogP contribution in [-0.2, 0) is 0 Å². The van der Waals surface area contributed by atoms with E-state index in [0.717, 1.165) is 25.9 Å². The molecular formula is C14H12ClN5O. The molecule has 1 aromatic carbocycles. The van der Waals surface area contributed by atoms with Crippen LogP contribution in [0.25, 0.3) is 0 Å². The Morgan fingerprint density at radius 3 is 2.76 bits per heavy atom. The molecule has 1 aromatic heterocycles. The minimum atomic E-state index is 0.0957. The van der Waals surface area contributed by atoms with Gasteiger partial charge in [0.1, 0.15) is 5.75 Å². The summed E-state index contributed by atoms with van der Waals surface area (Å²) >= 11 is 5.93. The Hall–Kier alpha value is -2.39. The van der Waals surface area contributed by atoms with Crippen LogP contribution in [0.1, 0.15) is 18.4 Å². The maximum atomic E-state index is 8.89. The highest BCUT2D eigenvalue weighted by atomic mass is 35.5. The van der Waals surface area contributed by atoms with E-state index in [1.165, 1.54) is 0 Å². The van der Waals surface area contributed by atoms with Crippen LogP contribution >= 0.6 is 11.6 Å². The largest absolute Gasteiger partial charge is 0.424 e. The van der Waals surface area contributed by atoms with Crippen molar-refractivity contribution in [1.29, 1.82) is 5.26 Å². The number of anilines is 1. The van der Waals surface area contributed by atoms with E-state index in [1.54, 1.807) is 24.3 Å². The van der Waals surface area contributed by atoms with Gasteiger partial charge in [-0.25, -0.2) is 0 Å². The third kappa shape index (κ3) is 3.20. The van der Waals surface area contributed by atoms with Crippen molar-refractivity contribution in [2.45, 2.75) is 12.8 Å². The van der Waals surface area contributed by atoms with Crippen molar-refractivity contribution in [3.8, 4) is 17.8 Å². The summed E-state index contributed by atoms with van der Waals surface area (Å²) in [5.74, 6) is 1.02. The van der Waals surface area contributed by atoms with E-state index in [0.29, 0.717) is 17.3 Å². The quantitative estimate of drug-likeness (QED) is 0.867. The number of ether oxygens (including phenoxy) is 1. The van der Waals surface area contributed by atoms with Crippen LogP contribution < -0.4 is 9.64 Å². The third-order valence-corrected chi connectivity index (χ3v) is 3.31. The van der Waals surface area contributed by atoms with Crippen LogP contribution in [-0.4, -0.2) is 28.0 Å². The van der Waals surface area contributed by atoms with Crippen molar-refractivity contribution in [2.24, 2.45) is 0 Å². The lowest BCUT2D eigenvalue weighted by atomic mass is 10.2. The van der Waals surface area contributed by atoms with Crippen LogP contribution in [0.15, 0.2) is 24.3 Å². The number of hydrogen-bond donors (Lipinski definition) is 0. The van der Waals surface area contributed by atoms with Gasteiger partial charge in [0.15, 0.2) is 0 Å². The minimum absolute atomic E-state index is 0.0957. The summed E-state index contributed by atoms with van der Waals surface area (Å²) in [6.45, 7) is 1.81. The molecule has 0 amide bonds. The maximum absolute atomic E-state index is 8.89. The van der Waals surface area contributed by atoms with Crippen molar-refractivity contribution >= 4 is 17.5 Å². The van der Waals surface area contributed by atoms with Gasteiger partial charge >= 0.3 is 6.01 Å². The van der Waals surface area contributed by atoms with Gasteiger partial charge in [0, 0.05) is 13.1 Å². The van der Waals surface area contributed by atoms with Crippen molar-refractivity contribution < 1.29 is 4.74 Å². The highest BCUT2D eigenvalue weighted by molar-refractivity contribution is 6.28. The molecule has 1 aliphatic rings. The van der Waals surface area contributed by atoms with Gasteiger partial charge in [-0.3, -0.25) is 0 Å². The lowest BCUT2D eigenvalue weighted by Crippen LogP contribution is -2.21. The summed E-state index contributed by atoms with van der Waals surface area (Å²) in [7, 11) is 0. The molecule has 21 heavy (non-hydrogen) atoms. The van der Waals surface area contributed by atoms with Gasteiger partial charge in [0.2, 0.25) is 11.2 Å². The molecule has 0 spiro atoms. The Labute approximate surface area is 127 Å². The Morgan fingerprint density at radius 2 is 2.00 bits per heavy atom. The molecule has 0 atom stereocenters. The number of benzene rings is 1. The van der Waals surface area contributed by atoms with Gasteiger partial charge in [0.05, 0.1) is 11.6 Å². The summed E-state index contributed by atoms with van der Waals surface area (Å²) in [6, 6.07) is 8.96. The van der Waals surface area contributed by atoms with E-state index in [2.05, 4.69) is 21.0 Å². The highest BCUT2D eigenvalue weighted by Gasteiger charge is 2.17. The molecule has 0 aliphatic carbocycles. The fraction of sp³-hybridized carbons (Fsp3) is 0.286. The Kier molecular flexibility index (Phi) is 3.84. The first-order valence-electron chi connectivity index (χ1n) is 6.59. The van der Waals surface area contributed by atoms with Gasteiger partial charge in [-0.15, -0.1) is 0 Å². The second-order valence-electron chi connectivity index (χ2n) is 4.62. The second kappa shape index (κ2) is 5.94. The van der Waals surface area contributed by atoms with Crippen molar-refractivity contribution in [2.75, 3.05) is 18.0 Å². The lowest BCUT2D eigenvalue weighted by Gasteiger charge is -2.15. The van der Waals surface area contributed by atoms with E-state index in [4.69, 9.17) is 21.6 Å². The summed E-state index contributed by atoms with van der Waals surface area (Å²) in [5.41, 5.74) is 0.507. The molecule has 2 aromatic rings. The molecule has 1 aliphatic heterocycles. The van der Waals surface area contributed by atoms with Crippen molar-refractivity contribution in [3.05, 3.63) is 35.1 Å². The average molecular weight is 302 g/mol. The number of nitriles is 1. The Balaban J connectivity index is 1.86. The fourth-order valence-electron chi connectivity index (χ4n) is 2.16. The second-order valence-corrected chi connectivity index (χ2v) is 4.96. The van der Waals surface area contributed by atoms with Gasteiger partial charge in [-0.1, -0.05) is 6.07 Å². The van der Waals surface area contributed by atoms with E-state index >= 15 is 0 Å².